The van der Waals surface area contributed by atoms with Crippen LogP contribution < -0.4 is 32.8 Å². The van der Waals surface area contributed by atoms with Crippen LogP contribution in [0.1, 0.15) is 225 Å². The van der Waals surface area contributed by atoms with Crippen LogP contribution in [0.25, 0.3) is 0 Å². The fourth-order valence-electron chi connectivity index (χ4n) is 13.5. The zero-order valence-electron chi connectivity index (χ0n) is 65.6. The third kappa shape index (κ3) is 25.9. The van der Waals surface area contributed by atoms with E-state index in [1.54, 1.807) is 0 Å². The van der Waals surface area contributed by atoms with Crippen LogP contribution in [0.3, 0.4) is 0 Å². The first-order valence-corrected chi connectivity index (χ1v) is 39.2. The van der Waals surface area contributed by atoms with Gasteiger partial charge in [-0.05, 0) is 45.1 Å². The van der Waals surface area contributed by atoms with Gasteiger partial charge in [-0.2, -0.15) is 0 Å². The van der Waals surface area contributed by atoms with Gasteiger partial charge in [0, 0.05) is 50.8 Å². The number of nitrogens with zero attached hydrogens (tertiary/aromatic N) is 3. The lowest BCUT2D eigenvalue weighted by Gasteiger charge is -2.21. The Morgan fingerprint density at radius 3 is 0.570 bits per heavy atom. The zero-order valence-corrected chi connectivity index (χ0v) is 65.6. The molecule has 0 unspecified atom stereocenters. The topological polar surface area (TPSA) is 85.5 Å². The Hall–Kier alpha value is -8.86. The minimum Gasteiger partial charge on any atom is -0.508 e. The van der Waals surface area contributed by atoms with Crippen LogP contribution >= 0.6 is 0 Å². The molecule has 7 aromatic carbocycles. The smallest absolute Gasteiger partial charge is 0.359 e. The van der Waals surface area contributed by atoms with Crippen LogP contribution in [-0.4, -0.2) is 67.1 Å². The van der Waals surface area contributed by atoms with E-state index in [1.807, 2.05) is 0 Å². The summed E-state index contributed by atoms with van der Waals surface area (Å²) in [5, 5.41) is 18.2. The minimum atomic E-state index is -3.96. The number of rotatable bonds is 42. The Labute approximate surface area is 679 Å². The molecule has 1 aliphatic rings. The summed E-state index contributed by atoms with van der Waals surface area (Å²) in [6, 6.07) is 5.79. The average Bonchev–Trinajstić information content (AvgIpc) is 0.994. The highest BCUT2D eigenvalue weighted by Crippen LogP contribution is 2.33. The first-order valence-electron chi connectivity index (χ1n) is 39.2. The van der Waals surface area contributed by atoms with E-state index in [4.69, 9.17) is 10.2 Å². The monoisotopic (exact) mass is 1760 g/mol. The molecular weight excluding hydrogens is 1680 g/mol. The lowest BCUT2D eigenvalue weighted by Crippen LogP contribution is -2.60. The van der Waals surface area contributed by atoms with Crippen molar-refractivity contribution in [3.63, 3.8) is 0 Å². The van der Waals surface area contributed by atoms with Gasteiger partial charge in [0.15, 0.2) is 175 Å². The van der Waals surface area contributed by atoms with E-state index in [1.165, 1.54) is 255 Å². The van der Waals surface area contributed by atoms with E-state index in [2.05, 4.69) is 35.8 Å². The van der Waals surface area contributed by atoms with Crippen molar-refractivity contribution in [1.29, 1.82) is 0 Å². The summed E-state index contributed by atoms with van der Waals surface area (Å²) in [5.41, 5.74) is -17.2. The van der Waals surface area contributed by atoms with E-state index in [9.17, 15) is 137 Å². The van der Waals surface area contributed by atoms with Gasteiger partial charge in [-0.1, -0.05) is 219 Å². The second kappa shape index (κ2) is 49.4. The molecule has 0 amide bonds. The first kappa shape index (κ1) is 103. The van der Waals surface area contributed by atoms with Crippen molar-refractivity contribution in [2.75, 3.05) is 20.1 Å². The molecule has 121 heavy (non-hydrogen) atoms. The molecule has 1 heterocycles. The van der Waals surface area contributed by atoms with Crippen molar-refractivity contribution in [2.45, 2.75) is 225 Å². The number of phenols is 1. The maximum Gasteiger partial charge on any atom is 0.359 e. The van der Waals surface area contributed by atoms with E-state index in [-0.39, 0.29) is 5.75 Å². The van der Waals surface area contributed by atoms with Crippen molar-refractivity contribution >= 4 is 64.6 Å². The molecule has 2 N–H and O–H groups in total. The van der Waals surface area contributed by atoms with Gasteiger partial charge in [-0.25, -0.2) is 146 Å². The molecule has 0 saturated carbocycles. The van der Waals surface area contributed by atoms with Crippen molar-refractivity contribution in [3.8, 4) is 5.75 Å². The van der Waals surface area contributed by atoms with Gasteiger partial charge in [0.25, 0.3) is 19.1 Å². The number of aliphatic imine (C=N–C) groups is 2. The molecule has 1 aliphatic heterocycles. The molecule has 0 radical (unpaired) electrons. The van der Waals surface area contributed by atoms with Gasteiger partial charge in [-0.3, -0.25) is 0 Å². The Bertz CT molecular complexity index is 3930. The fourth-order valence-corrected chi connectivity index (χ4v) is 13.5. The summed E-state index contributed by atoms with van der Waals surface area (Å²) in [6.45, 7) is -0.671. The van der Waals surface area contributed by atoms with Crippen molar-refractivity contribution < 1.29 is 147 Å². The molecule has 7 aromatic rings. The highest BCUT2D eigenvalue weighted by atomic mass is 19.2. The van der Waals surface area contributed by atoms with E-state index in [0.717, 1.165) is 0 Å². The molecule has 0 aromatic heterocycles. The Morgan fingerprint density at radius 2 is 0.413 bits per heavy atom. The molecule has 0 saturated heterocycles. The van der Waals surface area contributed by atoms with Crippen LogP contribution in [0.4, 0.5) is 132 Å². The molecule has 0 atom stereocenters. The molecule has 0 bridgehead atoms. The predicted molar refractivity (Wildman–Crippen MR) is 398 cm³/mol. The number of halogens is 30. The quantitative estimate of drug-likeness (QED) is 0.0131. The summed E-state index contributed by atoms with van der Waals surface area (Å²) in [5.74, 6) is -91.5. The van der Waals surface area contributed by atoms with Gasteiger partial charge < -0.3 is 15.1 Å². The van der Waals surface area contributed by atoms with Gasteiger partial charge >= 0.3 is 5.97 Å². The Morgan fingerprint density at radius 1 is 0.264 bits per heavy atom. The summed E-state index contributed by atoms with van der Waals surface area (Å²) in [7, 11) is 2.34. The van der Waals surface area contributed by atoms with Gasteiger partial charge in [-0.15, -0.1) is 0 Å². The molecule has 0 fully saturated rings. The van der Waals surface area contributed by atoms with Gasteiger partial charge in [0.1, 0.15) is 5.75 Å². The molecule has 0 aliphatic carbocycles. The van der Waals surface area contributed by atoms with Crippen LogP contribution in [0.15, 0.2) is 34.3 Å². The molecule has 666 valence electrons. The standard InChI is InChI=1S/C37H77N.2C18BF15.C10H8N2O3/c1-4-6-8-10-12-14-16-18-20-22-24-26-28-30-32-34-36-38(3)37-35-33-31-29-27-25-23-21-19-17-15-13-11-9-7-5-2;2*20-4-1(5(21)11(27)16(32)10(4)26)19(2-6(22)12(28)17(33)13(29)7(2)23)3-8(24)14(30)18(34)15(31)9(3)25;13-8-3-1-7(2-4-8)10(9(14)15)11-5-6-12-10/h4-37H2,1-3H3;;;1-6,13H,(H,14,15). The number of carboxylic acids is 1. The summed E-state index contributed by atoms with van der Waals surface area (Å²) >= 11 is 0. The fraction of sp³-hybridized carbons (Fsp3) is 0.458. The van der Waals surface area contributed by atoms with Crippen LogP contribution in [-0.2, 0) is 10.5 Å². The van der Waals surface area contributed by atoms with Crippen LogP contribution in [0.2, 0.25) is 0 Å². The number of phenolic OH excluding ortho intramolecular Hbond substituents is 1. The summed E-state index contributed by atoms with van der Waals surface area (Å²) < 4.78 is 417. The minimum absolute atomic E-state index is 0.0743. The number of hydrogen-bond donors (Lipinski definition) is 2. The Balaban J connectivity index is 0.000000297. The lowest BCUT2D eigenvalue weighted by atomic mass is 9.36. The number of aliphatic carboxylic acids is 1. The second-order valence-electron chi connectivity index (χ2n) is 28.8. The highest BCUT2D eigenvalue weighted by molar-refractivity contribution is 6.96. The SMILES string of the molecule is CCCCCCCCCCCCCCCCCCN(C)CCCCCCCCCCCCCCCCCC.Fc1c(F)c(F)c(B(c2c(F)c(F)c(F)c(F)c2F)c2c(F)c(F)c(F)c(F)c2F)c(F)c1F.Fc1c(F)c(F)c(B(c2c(F)c(F)c(F)c(F)c2F)c2c(F)c(F)c(F)c(F)c2F)c(F)c1F.O=C(O)C1(c2ccc(O)cc2)N=CC=N1. The largest absolute Gasteiger partial charge is 0.508 e. The maximum absolute atomic E-state index is 14.4. The van der Waals surface area contributed by atoms with Crippen molar-refractivity contribution in [1.82, 2.24) is 4.90 Å². The lowest BCUT2D eigenvalue weighted by molar-refractivity contribution is -0.143. The average molecular weight is 1760 g/mol. The normalized spacial score (nSPS) is 12.1. The Kier molecular flexibility index (Phi) is 42.0. The number of hydrogen-bond acceptors (Lipinski definition) is 5. The van der Waals surface area contributed by atoms with Crippen LogP contribution in [0, 0.1) is 175 Å². The van der Waals surface area contributed by atoms with Gasteiger partial charge in [0.05, 0.1) is 0 Å². The van der Waals surface area contributed by atoms with Crippen LogP contribution in [0.5, 0.6) is 5.75 Å². The molecule has 38 heteroatoms. The van der Waals surface area contributed by atoms with E-state index in [0.29, 0.717) is 5.56 Å². The van der Waals surface area contributed by atoms with Crippen molar-refractivity contribution in [2.24, 2.45) is 9.98 Å². The predicted octanol–water partition coefficient (Wildman–Crippen LogP) is 22.8. The molecular formula is C83H85B2F30N3O3. The molecule has 8 rings (SSSR count). The first-order chi connectivity index (χ1) is 57.3. The van der Waals surface area contributed by atoms with Crippen molar-refractivity contribution in [3.05, 3.63) is 204 Å². The number of unbranched alkanes of at least 4 members (excludes halogenated alkanes) is 30. The number of carbonyl (C=O) groups is 1. The number of benzene rings is 7. The van der Waals surface area contributed by atoms with E-state index < -0.39 is 232 Å². The third-order valence-corrected chi connectivity index (χ3v) is 20.1. The number of carboxylic acid groups (broad SMARTS) is 1. The highest BCUT2D eigenvalue weighted by Gasteiger charge is 2.48. The van der Waals surface area contributed by atoms with E-state index >= 15 is 0 Å². The zero-order chi connectivity index (χ0) is 90.4. The van der Waals surface area contributed by atoms with Gasteiger partial charge in [0.2, 0.25) is 0 Å². The molecule has 0 spiro atoms. The summed E-state index contributed by atoms with van der Waals surface area (Å²) in [6.07, 6.45) is 49.5. The maximum atomic E-state index is 14.4. The summed E-state index contributed by atoms with van der Waals surface area (Å²) in [4.78, 5) is 21.4. The number of aromatic hydroxyl groups is 1. The second-order valence-corrected chi connectivity index (χ2v) is 28.8. The third-order valence-electron chi connectivity index (χ3n) is 20.1. The molecule has 6 nitrogen and oxygen atoms in total.